The Labute approximate surface area is 161 Å². The number of rotatable bonds is 2. The highest BCUT2D eigenvalue weighted by Crippen LogP contribution is 2.53. The van der Waals surface area contributed by atoms with Gasteiger partial charge in [0.25, 0.3) is 5.91 Å². The summed E-state index contributed by atoms with van der Waals surface area (Å²) in [6.07, 6.45) is 7.97. The fourth-order valence-electron chi connectivity index (χ4n) is 4.91. The Kier molecular flexibility index (Phi) is 3.73. The van der Waals surface area contributed by atoms with E-state index in [-0.39, 0.29) is 11.8 Å². The molecule has 2 atom stereocenters. The van der Waals surface area contributed by atoms with Crippen LogP contribution in [0.4, 0.5) is 0 Å². The molecule has 1 saturated heterocycles. The average molecular weight is 376 g/mol. The molecule has 1 aromatic carbocycles. The van der Waals surface area contributed by atoms with Gasteiger partial charge in [0, 0.05) is 36.6 Å². The van der Waals surface area contributed by atoms with Crippen LogP contribution in [0, 0.1) is 5.41 Å². The molecule has 142 valence electrons. The van der Waals surface area contributed by atoms with Crippen LogP contribution in [0.1, 0.15) is 45.8 Å². The maximum atomic E-state index is 13.0. The number of hydrogen-bond donors (Lipinski definition) is 3. The number of imidazole rings is 1. The van der Waals surface area contributed by atoms with E-state index in [1.165, 1.54) is 0 Å². The maximum absolute atomic E-state index is 13.0. The fourth-order valence-corrected chi connectivity index (χ4v) is 4.91. The lowest BCUT2D eigenvalue weighted by molar-refractivity contribution is -0.129. The summed E-state index contributed by atoms with van der Waals surface area (Å²) in [5.41, 5.74) is 5.53. The van der Waals surface area contributed by atoms with Crippen LogP contribution in [0.15, 0.2) is 48.9 Å². The lowest BCUT2D eigenvalue weighted by Crippen LogP contribution is -2.41. The molecule has 2 aliphatic rings. The number of carbonyl (C=O) groups is 2. The molecule has 28 heavy (non-hydrogen) atoms. The number of benzene rings is 1. The van der Waals surface area contributed by atoms with Crippen molar-refractivity contribution in [1.29, 1.82) is 0 Å². The number of hydrogen-bond acceptors (Lipinski definition) is 4. The SMILES string of the molecule is O=C(NO)c1ccc2c(c1)C(c1ccc3nccn3c1)C1(CCNC1=O)CC2. The first-order valence-corrected chi connectivity index (χ1v) is 9.40. The highest BCUT2D eigenvalue weighted by atomic mass is 16.5. The number of nitrogens with one attached hydrogen (secondary N) is 2. The Morgan fingerprint density at radius 1 is 1.29 bits per heavy atom. The summed E-state index contributed by atoms with van der Waals surface area (Å²) < 4.78 is 1.95. The van der Waals surface area contributed by atoms with Crippen LogP contribution in [-0.2, 0) is 11.2 Å². The number of hydroxylamine groups is 1. The molecule has 2 amide bonds. The normalized spacial score (nSPS) is 23.6. The predicted octanol–water partition coefficient (Wildman–Crippen LogP) is 2.04. The molecule has 1 fully saturated rings. The third-order valence-electron chi connectivity index (χ3n) is 6.27. The molecular formula is C21H20N4O3. The van der Waals surface area contributed by atoms with Gasteiger partial charge in [0.2, 0.25) is 5.91 Å². The van der Waals surface area contributed by atoms with Gasteiger partial charge in [-0.2, -0.15) is 0 Å². The Morgan fingerprint density at radius 3 is 2.96 bits per heavy atom. The number of carbonyl (C=O) groups excluding carboxylic acids is 2. The van der Waals surface area contributed by atoms with Crippen LogP contribution in [0.2, 0.25) is 0 Å². The van der Waals surface area contributed by atoms with Gasteiger partial charge in [0.1, 0.15) is 5.65 Å². The maximum Gasteiger partial charge on any atom is 0.274 e. The van der Waals surface area contributed by atoms with Crippen molar-refractivity contribution in [3.8, 4) is 0 Å². The lowest BCUT2D eigenvalue weighted by Gasteiger charge is -2.41. The van der Waals surface area contributed by atoms with Crippen LogP contribution >= 0.6 is 0 Å². The monoisotopic (exact) mass is 376 g/mol. The molecule has 1 aliphatic carbocycles. The first-order chi connectivity index (χ1) is 13.6. The zero-order chi connectivity index (χ0) is 19.3. The van der Waals surface area contributed by atoms with E-state index in [4.69, 9.17) is 5.21 Å². The van der Waals surface area contributed by atoms with Gasteiger partial charge in [-0.3, -0.25) is 14.8 Å². The standard InChI is InChI=1S/C21H20N4O3/c26-19(24-28)14-2-1-13-5-6-21(7-8-23-20(21)27)18(16(13)11-14)15-3-4-17-22-9-10-25(17)12-15/h1-4,9-12,18,28H,5-8H2,(H,23,27)(H,24,26). The summed E-state index contributed by atoms with van der Waals surface area (Å²) in [6, 6.07) is 9.44. The molecule has 5 rings (SSSR count). The molecule has 0 radical (unpaired) electrons. The van der Waals surface area contributed by atoms with E-state index in [1.807, 2.05) is 41.1 Å². The third-order valence-corrected chi connectivity index (χ3v) is 6.27. The summed E-state index contributed by atoms with van der Waals surface area (Å²) in [4.78, 5) is 29.3. The second kappa shape index (κ2) is 6.17. The number of aryl methyl sites for hydroxylation is 1. The molecular weight excluding hydrogens is 356 g/mol. The van der Waals surface area contributed by atoms with Crippen molar-refractivity contribution in [1.82, 2.24) is 20.2 Å². The summed E-state index contributed by atoms with van der Waals surface area (Å²) in [5, 5.41) is 12.1. The van der Waals surface area contributed by atoms with Crippen LogP contribution in [0.5, 0.6) is 0 Å². The van der Waals surface area contributed by atoms with E-state index in [0.29, 0.717) is 12.1 Å². The number of aromatic nitrogens is 2. The third kappa shape index (κ3) is 2.36. The Morgan fingerprint density at radius 2 is 2.18 bits per heavy atom. The minimum absolute atomic E-state index is 0.0749. The number of pyridine rings is 1. The second-order valence-electron chi connectivity index (χ2n) is 7.60. The van der Waals surface area contributed by atoms with Crippen molar-refractivity contribution in [3.63, 3.8) is 0 Å². The van der Waals surface area contributed by atoms with Crippen molar-refractivity contribution in [3.05, 3.63) is 71.2 Å². The number of fused-ring (bicyclic) bond motifs is 2. The highest BCUT2D eigenvalue weighted by Gasteiger charge is 2.52. The van der Waals surface area contributed by atoms with Crippen LogP contribution in [0.25, 0.3) is 5.65 Å². The predicted molar refractivity (Wildman–Crippen MR) is 101 cm³/mol. The van der Waals surface area contributed by atoms with Gasteiger partial charge in [-0.1, -0.05) is 12.1 Å². The van der Waals surface area contributed by atoms with Gasteiger partial charge >= 0.3 is 0 Å². The van der Waals surface area contributed by atoms with Gasteiger partial charge in [0.15, 0.2) is 0 Å². The van der Waals surface area contributed by atoms with Crippen molar-refractivity contribution < 1.29 is 14.8 Å². The molecule has 3 N–H and O–H groups in total. The molecule has 2 aromatic heterocycles. The van der Waals surface area contributed by atoms with Crippen molar-refractivity contribution in [2.24, 2.45) is 5.41 Å². The van der Waals surface area contributed by atoms with Crippen LogP contribution < -0.4 is 10.8 Å². The Balaban J connectivity index is 1.73. The zero-order valence-electron chi connectivity index (χ0n) is 15.2. The van der Waals surface area contributed by atoms with E-state index in [2.05, 4.69) is 10.3 Å². The van der Waals surface area contributed by atoms with Crippen molar-refractivity contribution >= 4 is 17.5 Å². The van der Waals surface area contributed by atoms with Gasteiger partial charge < -0.3 is 9.72 Å². The number of amides is 2. The zero-order valence-corrected chi connectivity index (χ0v) is 15.2. The van der Waals surface area contributed by atoms with Crippen LogP contribution in [0.3, 0.4) is 0 Å². The van der Waals surface area contributed by atoms with E-state index < -0.39 is 11.3 Å². The molecule has 2 unspecified atom stereocenters. The van der Waals surface area contributed by atoms with E-state index >= 15 is 0 Å². The van der Waals surface area contributed by atoms with Gasteiger partial charge in [-0.15, -0.1) is 0 Å². The first-order valence-electron chi connectivity index (χ1n) is 9.40. The molecule has 0 bridgehead atoms. The summed E-state index contributed by atoms with van der Waals surface area (Å²) >= 11 is 0. The topological polar surface area (TPSA) is 95.7 Å². The van der Waals surface area contributed by atoms with Gasteiger partial charge in [-0.25, -0.2) is 10.5 Å². The quantitative estimate of drug-likeness (QED) is 0.471. The molecule has 0 saturated carbocycles. The van der Waals surface area contributed by atoms with Crippen LogP contribution in [-0.4, -0.2) is 33.0 Å². The smallest absolute Gasteiger partial charge is 0.274 e. The van der Waals surface area contributed by atoms with E-state index in [9.17, 15) is 9.59 Å². The molecule has 7 heteroatoms. The van der Waals surface area contributed by atoms with Gasteiger partial charge in [0.05, 0.1) is 5.41 Å². The minimum atomic E-state index is -0.554. The largest absolute Gasteiger partial charge is 0.356 e. The molecule has 7 nitrogen and oxygen atoms in total. The molecule has 3 heterocycles. The summed E-state index contributed by atoms with van der Waals surface area (Å²) in [6.45, 7) is 0.662. The van der Waals surface area contributed by atoms with Gasteiger partial charge in [-0.05, 0) is 54.2 Å². The van der Waals surface area contributed by atoms with E-state index in [1.54, 1.807) is 17.7 Å². The summed E-state index contributed by atoms with van der Waals surface area (Å²) in [5.74, 6) is -0.648. The first kappa shape index (κ1) is 16.9. The van der Waals surface area contributed by atoms with E-state index in [0.717, 1.165) is 41.6 Å². The molecule has 1 spiro atoms. The Bertz CT molecular complexity index is 1110. The van der Waals surface area contributed by atoms with Crippen molar-refractivity contribution in [2.45, 2.75) is 25.2 Å². The fraction of sp³-hybridized carbons (Fsp3) is 0.286. The average Bonchev–Trinajstić information content (AvgIpc) is 3.33. The minimum Gasteiger partial charge on any atom is -0.356 e. The lowest BCUT2D eigenvalue weighted by atomic mass is 9.61. The Hall–Kier alpha value is -3.19. The summed E-state index contributed by atoms with van der Waals surface area (Å²) in [7, 11) is 0. The molecule has 3 aromatic rings. The molecule has 1 aliphatic heterocycles. The highest BCUT2D eigenvalue weighted by molar-refractivity contribution is 5.94. The second-order valence-corrected chi connectivity index (χ2v) is 7.60. The van der Waals surface area contributed by atoms with Crippen molar-refractivity contribution in [2.75, 3.05) is 6.54 Å². The number of nitrogens with zero attached hydrogens (tertiary/aromatic N) is 2.